The molecular weight excluding hydrogens is 296 g/mol. The highest BCUT2D eigenvalue weighted by atomic mass is 16.6. The molecule has 1 aliphatic rings. The summed E-state index contributed by atoms with van der Waals surface area (Å²) in [6.07, 6.45) is 0.170. The maximum Gasteiger partial charge on any atom is 0.265 e. The predicted molar refractivity (Wildman–Crippen MR) is 83.2 cm³/mol. The zero-order chi connectivity index (χ0) is 16.2. The Kier molecular flexibility index (Phi) is 4.50. The fraction of sp³-hybridized carbons (Fsp3) is 0.412. The first-order valence-electron chi connectivity index (χ1n) is 7.72. The molecule has 0 aliphatic carbocycles. The molecule has 0 saturated carbocycles. The first-order valence-corrected chi connectivity index (χ1v) is 7.72. The van der Waals surface area contributed by atoms with Crippen LogP contribution in [0, 0.1) is 5.92 Å². The lowest BCUT2D eigenvalue weighted by Gasteiger charge is -2.25. The summed E-state index contributed by atoms with van der Waals surface area (Å²) < 4.78 is 16.4. The molecule has 1 N–H and O–H groups in total. The third kappa shape index (κ3) is 3.83. The number of hydrogen-bond acceptors (Lipinski definition) is 5. The molecule has 0 radical (unpaired) electrons. The van der Waals surface area contributed by atoms with E-state index < -0.39 is 6.10 Å². The van der Waals surface area contributed by atoms with Crippen LogP contribution < -0.4 is 14.8 Å². The summed E-state index contributed by atoms with van der Waals surface area (Å²) in [5.41, 5.74) is 0.700. The largest absolute Gasteiger partial charge is 0.485 e. The minimum absolute atomic E-state index is 0.195. The van der Waals surface area contributed by atoms with E-state index in [2.05, 4.69) is 24.3 Å². The normalized spacial score (nSPS) is 16.4. The monoisotopic (exact) mass is 316 g/mol. The Labute approximate surface area is 134 Å². The van der Waals surface area contributed by atoms with E-state index in [1.54, 1.807) is 6.07 Å². The molecule has 6 nitrogen and oxygen atoms in total. The van der Waals surface area contributed by atoms with E-state index in [0.717, 1.165) is 12.2 Å². The molecule has 0 bridgehead atoms. The first kappa shape index (κ1) is 15.4. The zero-order valence-corrected chi connectivity index (χ0v) is 13.2. The Bertz CT molecular complexity index is 681. The SMILES string of the molecule is CC(C)Cc1cc(CNC(=O)[C@H]2COc3ccccc3O2)no1. The number of rotatable bonds is 5. The number of carbonyl (C=O) groups excluding carboxylic acids is 1. The van der Waals surface area contributed by atoms with Crippen LogP contribution in [0.5, 0.6) is 11.5 Å². The van der Waals surface area contributed by atoms with Crippen LogP contribution in [0.2, 0.25) is 0 Å². The van der Waals surface area contributed by atoms with Crippen molar-refractivity contribution in [2.45, 2.75) is 32.9 Å². The van der Waals surface area contributed by atoms with E-state index in [-0.39, 0.29) is 12.5 Å². The molecule has 1 aliphatic heterocycles. The van der Waals surface area contributed by atoms with E-state index in [1.807, 2.05) is 24.3 Å². The predicted octanol–water partition coefficient (Wildman–Crippen LogP) is 2.33. The summed E-state index contributed by atoms with van der Waals surface area (Å²) in [4.78, 5) is 12.2. The summed E-state index contributed by atoms with van der Waals surface area (Å²) in [7, 11) is 0. The van der Waals surface area contributed by atoms with Crippen LogP contribution in [0.1, 0.15) is 25.3 Å². The Morgan fingerprint density at radius 1 is 1.35 bits per heavy atom. The molecule has 0 saturated heterocycles. The molecule has 0 unspecified atom stereocenters. The van der Waals surface area contributed by atoms with Gasteiger partial charge in [-0.1, -0.05) is 31.1 Å². The fourth-order valence-electron chi connectivity index (χ4n) is 2.38. The Hall–Kier alpha value is -2.50. The van der Waals surface area contributed by atoms with Crippen LogP contribution in [-0.4, -0.2) is 23.8 Å². The Morgan fingerprint density at radius 2 is 2.13 bits per heavy atom. The molecule has 2 heterocycles. The lowest BCUT2D eigenvalue weighted by Crippen LogP contribution is -2.43. The van der Waals surface area contributed by atoms with Crippen molar-refractivity contribution in [3.05, 3.63) is 41.8 Å². The van der Waals surface area contributed by atoms with E-state index in [4.69, 9.17) is 14.0 Å². The molecule has 23 heavy (non-hydrogen) atoms. The number of amides is 1. The molecule has 2 aromatic rings. The highest BCUT2D eigenvalue weighted by Crippen LogP contribution is 2.30. The minimum Gasteiger partial charge on any atom is -0.485 e. The van der Waals surface area contributed by atoms with Crippen molar-refractivity contribution >= 4 is 5.91 Å². The van der Waals surface area contributed by atoms with E-state index in [1.165, 1.54) is 0 Å². The molecule has 1 aromatic heterocycles. The number of ether oxygens (including phenoxy) is 2. The van der Waals surface area contributed by atoms with Gasteiger partial charge in [-0.05, 0) is 18.1 Å². The summed E-state index contributed by atoms with van der Waals surface area (Å²) in [5.74, 6) is 2.34. The van der Waals surface area contributed by atoms with Gasteiger partial charge in [0.05, 0.1) is 6.54 Å². The van der Waals surface area contributed by atoms with Gasteiger partial charge in [0.15, 0.2) is 11.5 Å². The molecule has 0 spiro atoms. The topological polar surface area (TPSA) is 73.6 Å². The van der Waals surface area contributed by atoms with Crippen molar-refractivity contribution in [1.82, 2.24) is 10.5 Å². The number of hydrogen-bond donors (Lipinski definition) is 1. The standard InChI is InChI=1S/C17H20N2O4/c1-11(2)7-13-8-12(19-23-13)9-18-17(20)16-10-21-14-5-3-4-6-15(14)22-16/h3-6,8,11,16H,7,9-10H2,1-2H3,(H,18,20)/t16-/m1/s1. The number of para-hydroxylation sites is 2. The van der Waals surface area contributed by atoms with Gasteiger partial charge >= 0.3 is 0 Å². The molecule has 1 aromatic carbocycles. The van der Waals surface area contributed by atoms with Gasteiger partial charge in [-0.3, -0.25) is 4.79 Å². The van der Waals surface area contributed by atoms with Crippen LogP contribution >= 0.6 is 0 Å². The fourth-order valence-corrected chi connectivity index (χ4v) is 2.38. The van der Waals surface area contributed by atoms with Crippen molar-refractivity contribution in [2.24, 2.45) is 5.92 Å². The van der Waals surface area contributed by atoms with Crippen molar-refractivity contribution in [2.75, 3.05) is 6.61 Å². The summed E-state index contributed by atoms with van der Waals surface area (Å²) in [6.45, 7) is 4.73. The number of carbonyl (C=O) groups is 1. The van der Waals surface area contributed by atoms with Crippen molar-refractivity contribution < 1.29 is 18.8 Å². The highest BCUT2D eigenvalue weighted by Gasteiger charge is 2.27. The Balaban J connectivity index is 1.53. The number of aromatic nitrogens is 1. The smallest absolute Gasteiger partial charge is 0.265 e. The molecule has 0 fully saturated rings. The van der Waals surface area contributed by atoms with Gasteiger partial charge in [0, 0.05) is 12.5 Å². The number of nitrogens with one attached hydrogen (secondary N) is 1. The molecule has 1 atom stereocenters. The van der Waals surface area contributed by atoms with Crippen molar-refractivity contribution in [1.29, 1.82) is 0 Å². The van der Waals surface area contributed by atoms with Crippen LogP contribution in [0.25, 0.3) is 0 Å². The third-order valence-corrected chi connectivity index (χ3v) is 3.46. The summed E-state index contributed by atoms with van der Waals surface area (Å²) in [5, 5.41) is 6.76. The number of benzene rings is 1. The minimum atomic E-state index is -0.660. The maximum atomic E-state index is 12.2. The van der Waals surface area contributed by atoms with Gasteiger partial charge in [-0.2, -0.15) is 0 Å². The maximum absolute atomic E-state index is 12.2. The van der Waals surface area contributed by atoms with Gasteiger partial charge in [-0.25, -0.2) is 0 Å². The van der Waals surface area contributed by atoms with Crippen LogP contribution in [0.15, 0.2) is 34.9 Å². The molecule has 122 valence electrons. The van der Waals surface area contributed by atoms with Crippen LogP contribution in [-0.2, 0) is 17.8 Å². The Morgan fingerprint density at radius 3 is 2.91 bits per heavy atom. The second kappa shape index (κ2) is 6.73. The average molecular weight is 316 g/mol. The second-order valence-electron chi connectivity index (χ2n) is 5.96. The zero-order valence-electron chi connectivity index (χ0n) is 13.2. The number of fused-ring (bicyclic) bond motifs is 1. The highest BCUT2D eigenvalue weighted by molar-refractivity contribution is 5.81. The van der Waals surface area contributed by atoms with Gasteiger partial charge in [0.1, 0.15) is 18.1 Å². The lowest BCUT2D eigenvalue weighted by molar-refractivity contribution is -0.130. The molecular formula is C17H20N2O4. The average Bonchev–Trinajstić information content (AvgIpc) is 2.98. The first-order chi connectivity index (χ1) is 11.1. The second-order valence-corrected chi connectivity index (χ2v) is 5.96. The third-order valence-electron chi connectivity index (χ3n) is 3.46. The van der Waals surface area contributed by atoms with Crippen LogP contribution in [0.3, 0.4) is 0 Å². The van der Waals surface area contributed by atoms with Crippen LogP contribution in [0.4, 0.5) is 0 Å². The molecule has 6 heteroatoms. The summed E-state index contributed by atoms with van der Waals surface area (Å²) in [6, 6.07) is 9.17. The van der Waals surface area contributed by atoms with Gasteiger partial charge in [0.2, 0.25) is 6.10 Å². The lowest BCUT2D eigenvalue weighted by atomic mass is 10.1. The van der Waals surface area contributed by atoms with Crippen molar-refractivity contribution in [3.63, 3.8) is 0 Å². The van der Waals surface area contributed by atoms with E-state index >= 15 is 0 Å². The van der Waals surface area contributed by atoms with Gasteiger partial charge in [-0.15, -0.1) is 0 Å². The van der Waals surface area contributed by atoms with E-state index in [0.29, 0.717) is 29.7 Å². The quantitative estimate of drug-likeness (QED) is 0.916. The number of nitrogens with zero attached hydrogens (tertiary/aromatic N) is 1. The van der Waals surface area contributed by atoms with Gasteiger partial charge < -0.3 is 19.3 Å². The van der Waals surface area contributed by atoms with Crippen molar-refractivity contribution in [3.8, 4) is 11.5 Å². The summed E-state index contributed by atoms with van der Waals surface area (Å²) >= 11 is 0. The van der Waals surface area contributed by atoms with E-state index in [9.17, 15) is 4.79 Å². The molecule has 3 rings (SSSR count). The molecule has 1 amide bonds. The van der Waals surface area contributed by atoms with Gasteiger partial charge in [0.25, 0.3) is 5.91 Å².